The van der Waals surface area contributed by atoms with Crippen molar-refractivity contribution >= 4 is 21.8 Å². The number of hydrogen-bond acceptors (Lipinski definition) is 2. The molecule has 0 heterocycles. The Labute approximate surface area is 116 Å². The lowest BCUT2D eigenvalue weighted by Gasteiger charge is -2.28. The molecule has 18 heavy (non-hydrogen) atoms. The maximum atomic E-state index is 12.2. The normalized spacial score (nSPS) is 23.7. The van der Waals surface area contributed by atoms with Crippen LogP contribution in [-0.2, 0) is 0 Å². The van der Waals surface area contributed by atoms with Gasteiger partial charge in [-0.2, -0.15) is 0 Å². The molecule has 0 saturated heterocycles. The smallest absolute Gasteiger partial charge is 0.251 e. The third-order valence-corrected chi connectivity index (χ3v) is 4.42. The second-order valence-electron chi connectivity index (χ2n) is 4.84. The maximum absolute atomic E-state index is 12.2. The number of carbonyl (C=O) groups excluding carboxylic acids is 1. The van der Waals surface area contributed by atoms with Crippen LogP contribution in [-0.4, -0.2) is 23.2 Å². The molecule has 0 bridgehead atoms. The van der Waals surface area contributed by atoms with Gasteiger partial charge in [-0.25, -0.2) is 0 Å². The zero-order valence-corrected chi connectivity index (χ0v) is 12.0. The maximum Gasteiger partial charge on any atom is 0.251 e. The van der Waals surface area contributed by atoms with Crippen molar-refractivity contribution in [3.8, 4) is 0 Å². The first kappa shape index (κ1) is 13.6. The van der Waals surface area contributed by atoms with Gasteiger partial charge in [0.05, 0.1) is 12.1 Å². The van der Waals surface area contributed by atoms with Gasteiger partial charge in [0.25, 0.3) is 5.91 Å². The molecule has 0 radical (unpaired) electrons. The Morgan fingerprint density at radius 2 is 2.11 bits per heavy atom. The minimum atomic E-state index is -0.407. The SMILES string of the molecule is Cc1c(Br)cccc1C(=O)NC1CCCCC1O. The van der Waals surface area contributed by atoms with Gasteiger partial charge in [0.15, 0.2) is 0 Å². The number of hydrogen-bond donors (Lipinski definition) is 2. The largest absolute Gasteiger partial charge is 0.391 e. The molecule has 2 unspecified atom stereocenters. The van der Waals surface area contributed by atoms with Crippen LogP contribution < -0.4 is 5.32 Å². The topological polar surface area (TPSA) is 49.3 Å². The van der Waals surface area contributed by atoms with E-state index in [0.717, 1.165) is 35.7 Å². The molecule has 0 spiro atoms. The van der Waals surface area contributed by atoms with E-state index < -0.39 is 6.10 Å². The van der Waals surface area contributed by atoms with Crippen LogP contribution in [0.3, 0.4) is 0 Å². The lowest BCUT2D eigenvalue weighted by atomic mass is 9.92. The van der Waals surface area contributed by atoms with Crippen molar-refractivity contribution in [1.82, 2.24) is 5.32 Å². The first-order valence-corrected chi connectivity index (χ1v) is 7.13. The van der Waals surface area contributed by atoms with E-state index in [1.165, 1.54) is 0 Å². The third kappa shape index (κ3) is 2.93. The standard InChI is InChI=1S/C14H18BrNO2/c1-9-10(5-4-6-11(9)15)14(18)16-12-7-2-3-8-13(12)17/h4-6,12-13,17H,2-3,7-8H2,1H3,(H,16,18). The van der Waals surface area contributed by atoms with Gasteiger partial charge in [0.1, 0.15) is 0 Å². The van der Waals surface area contributed by atoms with Crippen LogP contribution in [0.1, 0.15) is 41.6 Å². The quantitative estimate of drug-likeness (QED) is 0.882. The first-order chi connectivity index (χ1) is 8.59. The minimum absolute atomic E-state index is 0.0975. The van der Waals surface area contributed by atoms with Crippen molar-refractivity contribution in [2.75, 3.05) is 0 Å². The van der Waals surface area contributed by atoms with Crippen LogP contribution in [0.4, 0.5) is 0 Å². The van der Waals surface area contributed by atoms with E-state index in [4.69, 9.17) is 0 Å². The summed E-state index contributed by atoms with van der Waals surface area (Å²) in [6.07, 6.45) is 3.35. The highest BCUT2D eigenvalue weighted by Gasteiger charge is 2.25. The Balaban J connectivity index is 2.09. The number of aliphatic hydroxyl groups is 1. The Morgan fingerprint density at radius 3 is 2.83 bits per heavy atom. The fourth-order valence-electron chi connectivity index (χ4n) is 2.38. The molecule has 1 fully saturated rings. The molecule has 1 saturated carbocycles. The van der Waals surface area contributed by atoms with Gasteiger partial charge in [-0.3, -0.25) is 4.79 Å². The molecule has 1 aromatic carbocycles. The number of aliphatic hydroxyl groups excluding tert-OH is 1. The van der Waals surface area contributed by atoms with E-state index in [0.29, 0.717) is 5.56 Å². The van der Waals surface area contributed by atoms with Crippen LogP contribution in [0.25, 0.3) is 0 Å². The van der Waals surface area contributed by atoms with Crippen molar-refractivity contribution in [3.05, 3.63) is 33.8 Å². The average Bonchev–Trinajstić information content (AvgIpc) is 2.35. The van der Waals surface area contributed by atoms with Gasteiger partial charge < -0.3 is 10.4 Å². The van der Waals surface area contributed by atoms with E-state index in [1.54, 1.807) is 0 Å². The predicted octanol–water partition coefficient (Wildman–Crippen LogP) is 2.79. The summed E-state index contributed by atoms with van der Waals surface area (Å²) in [6.45, 7) is 1.91. The summed E-state index contributed by atoms with van der Waals surface area (Å²) in [6, 6.07) is 5.47. The summed E-state index contributed by atoms with van der Waals surface area (Å²) in [4.78, 5) is 12.2. The molecule has 0 aliphatic heterocycles. The molecular formula is C14H18BrNO2. The Hall–Kier alpha value is -0.870. The van der Waals surface area contributed by atoms with Gasteiger partial charge in [-0.05, 0) is 37.5 Å². The van der Waals surface area contributed by atoms with Crippen LogP contribution >= 0.6 is 15.9 Å². The predicted molar refractivity (Wildman–Crippen MR) is 74.6 cm³/mol. The molecular weight excluding hydrogens is 294 g/mol. The fourth-order valence-corrected chi connectivity index (χ4v) is 2.75. The van der Waals surface area contributed by atoms with Crippen LogP contribution in [0, 0.1) is 6.92 Å². The van der Waals surface area contributed by atoms with Crippen molar-refractivity contribution in [3.63, 3.8) is 0 Å². The van der Waals surface area contributed by atoms with Gasteiger partial charge in [-0.1, -0.05) is 34.8 Å². The number of amides is 1. The van der Waals surface area contributed by atoms with Crippen LogP contribution in [0.2, 0.25) is 0 Å². The molecule has 3 nitrogen and oxygen atoms in total. The molecule has 2 atom stereocenters. The average molecular weight is 312 g/mol. The summed E-state index contributed by atoms with van der Waals surface area (Å²) >= 11 is 3.42. The number of rotatable bonds is 2. The highest BCUT2D eigenvalue weighted by Crippen LogP contribution is 2.21. The highest BCUT2D eigenvalue weighted by atomic mass is 79.9. The molecule has 0 aromatic heterocycles. The highest BCUT2D eigenvalue weighted by molar-refractivity contribution is 9.10. The summed E-state index contributed by atoms with van der Waals surface area (Å²) in [7, 11) is 0. The molecule has 4 heteroatoms. The summed E-state index contributed by atoms with van der Waals surface area (Å²) in [5, 5.41) is 12.8. The summed E-state index contributed by atoms with van der Waals surface area (Å²) in [5.74, 6) is -0.0975. The zero-order chi connectivity index (χ0) is 13.1. The van der Waals surface area contributed by atoms with Crippen molar-refractivity contribution < 1.29 is 9.90 Å². The van der Waals surface area contributed by atoms with Crippen LogP contribution in [0.15, 0.2) is 22.7 Å². The number of nitrogens with one attached hydrogen (secondary N) is 1. The third-order valence-electron chi connectivity index (χ3n) is 3.56. The van der Waals surface area contributed by atoms with Gasteiger partial charge in [-0.15, -0.1) is 0 Å². The van der Waals surface area contributed by atoms with E-state index in [1.807, 2.05) is 25.1 Å². The lowest BCUT2D eigenvalue weighted by molar-refractivity contribution is 0.0717. The van der Waals surface area contributed by atoms with E-state index in [9.17, 15) is 9.90 Å². The second kappa shape index (κ2) is 5.85. The minimum Gasteiger partial charge on any atom is -0.391 e. The molecule has 1 aliphatic carbocycles. The Bertz CT molecular complexity index is 447. The summed E-state index contributed by atoms with van der Waals surface area (Å²) in [5.41, 5.74) is 1.60. The van der Waals surface area contributed by atoms with E-state index in [2.05, 4.69) is 21.2 Å². The summed E-state index contributed by atoms with van der Waals surface area (Å²) < 4.78 is 0.930. The molecule has 98 valence electrons. The van der Waals surface area contributed by atoms with E-state index in [-0.39, 0.29) is 11.9 Å². The number of halogens is 1. The molecule has 2 N–H and O–H groups in total. The molecule has 1 aliphatic rings. The molecule has 2 rings (SSSR count). The Kier molecular flexibility index (Phi) is 4.40. The monoisotopic (exact) mass is 311 g/mol. The lowest BCUT2D eigenvalue weighted by Crippen LogP contribution is -2.45. The molecule has 1 aromatic rings. The molecule has 1 amide bonds. The fraction of sp³-hybridized carbons (Fsp3) is 0.500. The zero-order valence-electron chi connectivity index (χ0n) is 10.4. The van der Waals surface area contributed by atoms with Crippen LogP contribution in [0.5, 0.6) is 0 Å². The number of benzene rings is 1. The van der Waals surface area contributed by atoms with Crippen molar-refractivity contribution in [2.45, 2.75) is 44.8 Å². The van der Waals surface area contributed by atoms with Gasteiger partial charge >= 0.3 is 0 Å². The van der Waals surface area contributed by atoms with Crippen molar-refractivity contribution in [2.24, 2.45) is 0 Å². The number of carbonyl (C=O) groups is 1. The van der Waals surface area contributed by atoms with Gasteiger partial charge in [0.2, 0.25) is 0 Å². The van der Waals surface area contributed by atoms with Gasteiger partial charge in [0, 0.05) is 10.0 Å². The second-order valence-corrected chi connectivity index (χ2v) is 5.70. The van der Waals surface area contributed by atoms with E-state index >= 15 is 0 Å². The Morgan fingerprint density at radius 1 is 1.39 bits per heavy atom. The van der Waals surface area contributed by atoms with Crippen molar-refractivity contribution in [1.29, 1.82) is 0 Å². The first-order valence-electron chi connectivity index (χ1n) is 6.33.